The van der Waals surface area contributed by atoms with Crippen LogP contribution in [0.5, 0.6) is 5.75 Å². The zero-order chi connectivity index (χ0) is 14.1. The molecular weight excluding hydrogens is 252 g/mol. The third kappa shape index (κ3) is 2.16. The highest BCUT2D eigenvalue weighted by atomic mass is 16.5. The van der Waals surface area contributed by atoms with Crippen molar-refractivity contribution in [2.75, 3.05) is 7.11 Å². The van der Waals surface area contributed by atoms with Gasteiger partial charge in [-0.25, -0.2) is 4.79 Å². The summed E-state index contributed by atoms with van der Waals surface area (Å²) < 4.78 is 10.5. The van der Waals surface area contributed by atoms with Crippen LogP contribution in [0.1, 0.15) is 12.5 Å². The zero-order valence-corrected chi connectivity index (χ0v) is 11.5. The summed E-state index contributed by atoms with van der Waals surface area (Å²) >= 11 is 0. The maximum atomic E-state index is 11.7. The Morgan fingerprint density at radius 1 is 1.35 bits per heavy atom. The average molecular weight is 268 g/mol. The number of rotatable bonds is 2. The molecule has 0 bridgehead atoms. The molecule has 1 aromatic rings. The highest BCUT2D eigenvalue weighted by Gasteiger charge is 2.39. The van der Waals surface area contributed by atoms with Gasteiger partial charge in [-0.15, -0.1) is 0 Å². The minimum Gasteiger partial charge on any atom is -0.497 e. The van der Waals surface area contributed by atoms with E-state index in [9.17, 15) is 4.79 Å². The maximum Gasteiger partial charge on any atom is 0.335 e. The molecule has 3 heteroatoms. The van der Waals surface area contributed by atoms with Crippen molar-refractivity contribution >= 4 is 12.0 Å². The molecule has 1 saturated heterocycles. The van der Waals surface area contributed by atoms with Crippen LogP contribution in [0.25, 0.3) is 6.08 Å². The number of carbonyl (C=O) groups is 1. The fourth-order valence-electron chi connectivity index (χ4n) is 2.74. The fraction of sp³-hybridized carbons (Fsp3) is 0.235. The monoisotopic (exact) mass is 268 g/mol. The number of carbonyl (C=O) groups excluding carboxylic acids is 1. The first-order valence-corrected chi connectivity index (χ1v) is 6.64. The summed E-state index contributed by atoms with van der Waals surface area (Å²) in [6, 6.07) is 7.86. The molecule has 20 heavy (non-hydrogen) atoms. The van der Waals surface area contributed by atoms with Gasteiger partial charge in [0.2, 0.25) is 0 Å². The maximum absolute atomic E-state index is 11.7. The minimum absolute atomic E-state index is 0.0266. The molecular formula is C17H16O3. The van der Waals surface area contributed by atoms with Crippen LogP contribution in [-0.4, -0.2) is 19.2 Å². The van der Waals surface area contributed by atoms with Crippen LogP contribution in [0.3, 0.4) is 0 Å². The van der Waals surface area contributed by atoms with Gasteiger partial charge in [-0.2, -0.15) is 0 Å². The second kappa shape index (κ2) is 5.00. The fourth-order valence-corrected chi connectivity index (χ4v) is 2.74. The lowest BCUT2D eigenvalue weighted by Crippen LogP contribution is -2.15. The highest BCUT2D eigenvalue weighted by Crippen LogP contribution is 2.37. The third-order valence-corrected chi connectivity index (χ3v) is 3.68. The number of methoxy groups -OCH3 is 1. The van der Waals surface area contributed by atoms with Crippen molar-refractivity contribution in [2.45, 2.75) is 13.0 Å². The Morgan fingerprint density at radius 2 is 2.20 bits per heavy atom. The highest BCUT2D eigenvalue weighted by molar-refractivity contribution is 5.94. The molecule has 2 aliphatic rings. The second-order valence-electron chi connectivity index (χ2n) is 4.99. The predicted molar refractivity (Wildman–Crippen MR) is 77.2 cm³/mol. The van der Waals surface area contributed by atoms with Gasteiger partial charge in [0.25, 0.3) is 0 Å². The van der Waals surface area contributed by atoms with Crippen molar-refractivity contribution in [3.8, 4) is 5.75 Å². The van der Waals surface area contributed by atoms with E-state index in [-0.39, 0.29) is 18.0 Å². The number of esters is 1. The van der Waals surface area contributed by atoms with Crippen LogP contribution in [0.4, 0.5) is 0 Å². The number of hydrogen-bond acceptors (Lipinski definition) is 3. The molecule has 2 atom stereocenters. The molecule has 0 N–H and O–H groups in total. The first-order chi connectivity index (χ1) is 9.69. The van der Waals surface area contributed by atoms with Gasteiger partial charge in [-0.1, -0.05) is 36.4 Å². The quantitative estimate of drug-likeness (QED) is 0.773. The lowest BCUT2D eigenvalue weighted by Gasteiger charge is -2.18. The van der Waals surface area contributed by atoms with Gasteiger partial charge in [0.05, 0.1) is 13.0 Å². The van der Waals surface area contributed by atoms with Gasteiger partial charge < -0.3 is 9.47 Å². The van der Waals surface area contributed by atoms with Crippen molar-refractivity contribution in [1.82, 2.24) is 0 Å². The number of hydrogen-bond donors (Lipinski definition) is 0. The van der Waals surface area contributed by atoms with Gasteiger partial charge in [0.15, 0.2) is 0 Å². The predicted octanol–water partition coefficient (Wildman–Crippen LogP) is 3.14. The van der Waals surface area contributed by atoms with Gasteiger partial charge in [-0.05, 0) is 30.2 Å². The molecule has 0 amide bonds. The smallest absolute Gasteiger partial charge is 0.335 e. The van der Waals surface area contributed by atoms with E-state index in [0.29, 0.717) is 0 Å². The zero-order valence-electron chi connectivity index (χ0n) is 11.5. The van der Waals surface area contributed by atoms with Gasteiger partial charge >= 0.3 is 5.97 Å². The summed E-state index contributed by atoms with van der Waals surface area (Å²) in [4.78, 5) is 11.7. The molecule has 1 aliphatic heterocycles. The lowest BCUT2D eigenvalue weighted by atomic mass is 9.84. The Balaban J connectivity index is 1.97. The minimum atomic E-state index is -0.205. The summed E-state index contributed by atoms with van der Waals surface area (Å²) in [6.45, 7) is 1.93. The Bertz CT molecular complexity index is 637. The first kappa shape index (κ1) is 12.7. The molecule has 0 aromatic heterocycles. The van der Waals surface area contributed by atoms with Crippen molar-refractivity contribution < 1.29 is 14.3 Å². The van der Waals surface area contributed by atoms with Crippen LogP contribution in [0.15, 0.2) is 53.6 Å². The van der Waals surface area contributed by atoms with E-state index in [1.54, 1.807) is 7.11 Å². The van der Waals surface area contributed by atoms with Gasteiger partial charge in [0, 0.05) is 5.57 Å². The summed E-state index contributed by atoms with van der Waals surface area (Å²) in [7, 11) is 1.65. The van der Waals surface area contributed by atoms with E-state index in [2.05, 4.69) is 6.08 Å². The van der Waals surface area contributed by atoms with Gasteiger partial charge in [0.1, 0.15) is 11.9 Å². The Labute approximate surface area is 118 Å². The van der Waals surface area contributed by atoms with Crippen molar-refractivity contribution in [2.24, 2.45) is 5.92 Å². The molecule has 1 aliphatic carbocycles. The molecule has 102 valence electrons. The van der Waals surface area contributed by atoms with E-state index >= 15 is 0 Å². The van der Waals surface area contributed by atoms with Crippen LogP contribution >= 0.6 is 0 Å². The molecule has 3 rings (SSSR count). The Kier molecular flexibility index (Phi) is 3.18. The molecule has 0 radical (unpaired) electrons. The van der Waals surface area contributed by atoms with E-state index in [0.717, 1.165) is 22.5 Å². The summed E-state index contributed by atoms with van der Waals surface area (Å²) in [5.74, 6) is 0.642. The third-order valence-electron chi connectivity index (χ3n) is 3.68. The largest absolute Gasteiger partial charge is 0.497 e. The van der Waals surface area contributed by atoms with Crippen LogP contribution in [0, 0.1) is 5.92 Å². The van der Waals surface area contributed by atoms with Crippen LogP contribution < -0.4 is 4.74 Å². The molecule has 0 saturated carbocycles. The van der Waals surface area contributed by atoms with Crippen molar-refractivity contribution in [3.05, 3.63) is 59.2 Å². The van der Waals surface area contributed by atoms with Crippen LogP contribution in [-0.2, 0) is 9.53 Å². The molecule has 1 fully saturated rings. The normalized spacial score (nSPS) is 26.2. The average Bonchev–Trinajstić information content (AvgIpc) is 2.75. The number of fused-ring (bicyclic) bond motifs is 1. The van der Waals surface area contributed by atoms with Gasteiger partial charge in [-0.3, -0.25) is 0 Å². The van der Waals surface area contributed by atoms with E-state index in [1.165, 1.54) is 0 Å². The van der Waals surface area contributed by atoms with E-state index in [1.807, 2.05) is 49.4 Å². The number of benzene rings is 1. The molecule has 3 nitrogen and oxygen atoms in total. The molecule has 0 spiro atoms. The van der Waals surface area contributed by atoms with Crippen molar-refractivity contribution in [1.29, 1.82) is 0 Å². The molecule has 2 unspecified atom stereocenters. The summed E-state index contributed by atoms with van der Waals surface area (Å²) in [6.07, 6.45) is 7.74. The standard InChI is InChI=1S/C17H16O3/c1-11-16-13(6-4-8-15(16)17(18)20-11)9-12-5-3-7-14(10-12)19-2/h3-11,16H,1-2H3. The summed E-state index contributed by atoms with van der Waals surface area (Å²) in [5.41, 5.74) is 2.89. The number of allylic oxidation sites excluding steroid dienone is 3. The Hall–Kier alpha value is -2.29. The number of ether oxygens (including phenoxy) is 2. The lowest BCUT2D eigenvalue weighted by molar-refractivity contribution is -0.138. The Morgan fingerprint density at radius 3 is 3.00 bits per heavy atom. The van der Waals surface area contributed by atoms with E-state index < -0.39 is 0 Å². The van der Waals surface area contributed by atoms with Crippen LogP contribution in [0.2, 0.25) is 0 Å². The van der Waals surface area contributed by atoms with Crippen molar-refractivity contribution in [3.63, 3.8) is 0 Å². The topological polar surface area (TPSA) is 35.5 Å². The first-order valence-electron chi connectivity index (χ1n) is 6.64. The number of cyclic esters (lactones) is 1. The summed E-state index contributed by atoms with van der Waals surface area (Å²) in [5, 5.41) is 0. The van der Waals surface area contributed by atoms with E-state index in [4.69, 9.17) is 9.47 Å². The SMILES string of the molecule is COc1cccc(C=C2C=CC=C3C(=O)OC(C)C23)c1. The second-order valence-corrected chi connectivity index (χ2v) is 4.99. The molecule has 1 aromatic carbocycles. The molecule has 1 heterocycles.